The van der Waals surface area contributed by atoms with Crippen molar-refractivity contribution in [2.75, 3.05) is 16.3 Å². The van der Waals surface area contributed by atoms with Gasteiger partial charge in [-0.05, 0) is 44.5 Å². The highest BCUT2D eigenvalue weighted by molar-refractivity contribution is 7.92. The second-order valence-corrected chi connectivity index (χ2v) is 7.90. The maximum absolute atomic E-state index is 12.2. The number of carbonyl (C=O) groups is 1. The van der Waals surface area contributed by atoms with Crippen LogP contribution in [0.4, 0.5) is 16.2 Å². The summed E-state index contributed by atoms with van der Waals surface area (Å²) in [6, 6.07) is 6.42. The Morgan fingerprint density at radius 2 is 2.00 bits per heavy atom. The predicted octanol–water partition coefficient (Wildman–Crippen LogP) is 2.15. The Kier molecular flexibility index (Phi) is 5.68. The van der Waals surface area contributed by atoms with Gasteiger partial charge in [0.25, 0.3) is 0 Å². The van der Waals surface area contributed by atoms with Gasteiger partial charge >= 0.3 is 6.03 Å². The maximum Gasteiger partial charge on any atom is 0.319 e. The predicted molar refractivity (Wildman–Crippen MR) is 98.3 cm³/mol. The normalized spacial score (nSPS) is 12.5. The van der Waals surface area contributed by atoms with E-state index in [0.29, 0.717) is 17.8 Å². The molecular weight excluding hydrogens is 342 g/mol. The number of rotatable bonds is 6. The Bertz CT molecular complexity index is 860. The van der Waals surface area contributed by atoms with E-state index in [1.807, 2.05) is 26.8 Å². The molecule has 0 aliphatic heterocycles. The zero-order chi connectivity index (χ0) is 18.6. The monoisotopic (exact) mass is 365 g/mol. The molecule has 2 aromatic rings. The Morgan fingerprint density at radius 3 is 2.60 bits per heavy atom. The van der Waals surface area contributed by atoms with Crippen LogP contribution in [0.5, 0.6) is 0 Å². The van der Waals surface area contributed by atoms with Crippen LogP contribution in [0.2, 0.25) is 0 Å². The zero-order valence-corrected chi connectivity index (χ0v) is 15.5. The van der Waals surface area contributed by atoms with Crippen LogP contribution in [0, 0.1) is 13.8 Å². The van der Waals surface area contributed by atoms with Crippen molar-refractivity contribution in [1.82, 2.24) is 15.5 Å². The third-order valence-electron chi connectivity index (χ3n) is 3.44. The number of hydrogen-bond acceptors (Lipinski definition) is 4. The lowest BCUT2D eigenvalue weighted by Crippen LogP contribution is -2.37. The number of hydrogen-bond donors (Lipinski definition) is 4. The summed E-state index contributed by atoms with van der Waals surface area (Å²) < 4.78 is 25.0. The van der Waals surface area contributed by atoms with E-state index in [1.165, 1.54) is 0 Å². The standard InChI is InChI=1S/C16H23N5O3S/c1-10-5-6-13(21-25(4,23)24)9-15(10)18-16(22)17-11(2)7-14-8-12(3)19-20-14/h5-6,8-9,11,21H,7H2,1-4H3,(H,19,20)(H2,17,18,22). The van der Waals surface area contributed by atoms with E-state index in [9.17, 15) is 13.2 Å². The van der Waals surface area contributed by atoms with E-state index in [4.69, 9.17) is 0 Å². The average Bonchev–Trinajstić information content (AvgIpc) is 2.85. The van der Waals surface area contributed by atoms with Gasteiger partial charge in [-0.1, -0.05) is 6.07 Å². The second-order valence-electron chi connectivity index (χ2n) is 6.15. The van der Waals surface area contributed by atoms with E-state index < -0.39 is 10.0 Å². The van der Waals surface area contributed by atoms with E-state index in [2.05, 4.69) is 25.6 Å². The smallest absolute Gasteiger partial charge is 0.319 e. The van der Waals surface area contributed by atoms with Gasteiger partial charge < -0.3 is 10.6 Å². The molecule has 2 amide bonds. The third kappa shape index (κ3) is 6.11. The lowest BCUT2D eigenvalue weighted by Gasteiger charge is -2.15. The summed E-state index contributed by atoms with van der Waals surface area (Å²) in [7, 11) is -3.38. The molecule has 25 heavy (non-hydrogen) atoms. The first-order valence-corrected chi connectivity index (χ1v) is 9.68. The van der Waals surface area contributed by atoms with E-state index in [-0.39, 0.29) is 12.1 Å². The van der Waals surface area contributed by atoms with Gasteiger partial charge in [-0.3, -0.25) is 9.82 Å². The number of amides is 2. The molecule has 0 saturated heterocycles. The molecule has 1 aromatic carbocycles. The van der Waals surface area contributed by atoms with E-state index >= 15 is 0 Å². The summed E-state index contributed by atoms with van der Waals surface area (Å²) in [5.74, 6) is 0. The van der Waals surface area contributed by atoms with Crippen molar-refractivity contribution >= 4 is 27.4 Å². The topological polar surface area (TPSA) is 116 Å². The van der Waals surface area contributed by atoms with Crippen LogP contribution in [-0.2, 0) is 16.4 Å². The first-order chi connectivity index (χ1) is 11.6. The first kappa shape index (κ1) is 18.8. The molecule has 4 N–H and O–H groups in total. The summed E-state index contributed by atoms with van der Waals surface area (Å²) in [5, 5.41) is 12.6. The molecule has 1 unspecified atom stereocenters. The van der Waals surface area contributed by atoms with Gasteiger partial charge in [0.2, 0.25) is 10.0 Å². The first-order valence-electron chi connectivity index (χ1n) is 7.79. The number of aromatic nitrogens is 2. The van der Waals surface area contributed by atoms with Crippen molar-refractivity contribution < 1.29 is 13.2 Å². The number of nitrogens with zero attached hydrogens (tertiary/aromatic N) is 1. The van der Waals surface area contributed by atoms with Gasteiger partial charge in [0.1, 0.15) is 0 Å². The Hall–Kier alpha value is -2.55. The molecule has 2 rings (SSSR count). The Labute approximate surface area is 147 Å². The van der Waals surface area contributed by atoms with Crippen LogP contribution in [0.3, 0.4) is 0 Å². The summed E-state index contributed by atoms with van der Waals surface area (Å²) in [6.45, 7) is 5.63. The number of sulfonamides is 1. The van der Waals surface area contributed by atoms with Crippen LogP contribution >= 0.6 is 0 Å². The van der Waals surface area contributed by atoms with Gasteiger partial charge in [-0.25, -0.2) is 13.2 Å². The van der Waals surface area contributed by atoms with Crippen LogP contribution < -0.4 is 15.4 Å². The summed E-state index contributed by atoms with van der Waals surface area (Å²) in [4.78, 5) is 12.2. The molecule has 0 aliphatic rings. The van der Waals surface area contributed by atoms with Gasteiger partial charge in [-0.2, -0.15) is 5.10 Å². The number of benzene rings is 1. The van der Waals surface area contributed by atoms with Crippen molar-refractivity contribution in [3.05, 3.63) is 41.2 Å². The Balaban J connectivity index is 1.98. The van der Waals surface area contributed by atoms with Crippen molar-refractivity contribution in [2.45, 2.75) is 33.2 Å². The number of carbonyl (C=O) groups excluding carboxylic acids is 1. The fraction of sp³-hybridized carbons (Fsp3) is 0.375. The highest BCUT2D eigenvalue weighted by Crippen LogP contribution is 2.21. The van der Waals surface area contributed by atoms with Gasteiger partial charge in [0.05, 0.1) is 17.6 Å². The number of aromatic amines is 1. The summed E-state index contributed by atoms with van der Waals surface area (Å²) in [6.07, 6.45) is 1.68. The highest BCUT2D eigenvalue weighted by Gasteiger charge is 2.12. The fourth-order valence-corrected chi connectivity index (χ4v) is 2.92. The van der Waals surface area contributed by atoms with Crippen molar-refractivity contribution in [3.63, 3.8) is 0 Å². The lowest BCUT2D eigenvalue weighted by molar-refractivity contribution is 0.249. The SMILES string of the molecule is Cc1cc(CC(C)NC(=O)Nc2cc(NS(C)(=O)=O)ccc2C)n[nH]1. The molecule has 0 bridgehead atoms. The van der Waals surface area contributed by atoms with Gasteiger partial charge in [-0.15, -0.1) is 0 Å². The zero-order valence-electron chi connectivity index (χ0n) is 14.7. The Morgan fingerprint density at radius 1 is 1.28 bits per heavy atom. The molecule has 1 aromatic heterocycles. The molecular formula is C16H23N5O3S. The van der Waals surface area contributed by atoms with Crippen LogP contribution in [0.15, 0.2) is 24.3 Å². The van der Waals surface area contributed by atoms with Gasteiger partial charge in [0.15, 0.2) is 0 Å². The quantitative estimate of drug-likeness (QED) is 0.627. The van der Waals surface area contributed by atoms with Gasteiger partial charge in [0, 0.05) is 23.8 Å². The minimum absolute atomic E-state index is 0.111. The molecule has 0 saturated carbocycles. The minimum atomic E-state index is -3.38. The van der Waals surface area contributed by atoms with Crippen molar-refractivity contribution in [1.29, 1.82) is 0 Å². The number of anilines is 2. The molecule has 0 radical (unpaired) electrons. The van der Waals surface area contributed by atoms with E-state index in [0.717, 1.165) is 23.2 Å². The largest absolute Gasteiger partial charge is 0.335 e. The van der Waals surface area contributed by atoms with Crippen molar-refractivity contribution in [3.8, 4) is 0 Å². The van der Waals surface area contributed by atoms with Crippen molar-refractivity contribution in [2.24, 2.45) is 0 Å². The fourth-order valence-electron chi connectivity index (χ4n) is 2.36. The maximum atomic E-state index is 12.2. The minimum Gasteiger partial charge on any atom is -0.335 e. The highest BCUT2D eigenvalue weighted by atomic mass is 32.2. The summed E-state index contributed by atoms with van der Waals surface area (Å²) >= 11 is 0. The number of H-pyrrole nitrogens is 1. The van der Waals surface area contributed by atoms with Crippen LogP contribution in [0.25, 0.3) is 0 Å². The number of nitrogens with one attached hydrogen (secondary N) is 4. The average molecular weight is 365 g/mol. The molecule has 0 aliphatic carbocycles. The second kappa shape index (κ2) is 7.56. The molecule has 1 heterocycles. The van der Waals surface area contributed by atoms with Crippen LogP contribution in [0.1, 0.15) is 23.9 Å². The molecule has 8 nitrogen and oxygen atoms in total. The lowest BCUT2D eigenvalue weighted by atomic mass is 10.1. The molecule has 0 spiro atoms. The van der Waals surface area contributed by atoms with Crippen LogP contribution in [-0.4, -0.2) is 36.9 Å². The third-order valence-corrected chi connectivity index (χ3v) is 4.05. The van der Waals surface area contributed by atoms with E-state index in [1.54, 1.807) is 18.2 Å². The molecule has 0 fully saturated rings. The molecule has 136 valence electrons. The molecule has 1 atom stereocenters. The number of urea groups is 1. The molecule has 9 heteroatoms. The summed E-state index contributed by atoms with van der Waals surface area (Å²) in [5.41, 5.74) is 3.60. The number of aryl methyl sites for hydroxylation is 2.